The normalized spacial score (nSPS) is 16.4. The Labute approximate surface area is 141 Å². The van der Waals surface area contributed by atoms with Crippen LogP contribution in [0.1, 0.15) is 51.0 Å². The van der Waals surface area contributed by atoms with Gasteiger partial charge in [0.1, 0.15) is 0 Å². The molecule has 0 spiro atoms. The van der Waals surface area contributed by atoms with E-state index in [1.54, 1.807) is 12.0 Å². The highest BCUT2D eigenvalue weighted by Gasteiger charge is 2.11. The average Bonchev–Trinajstić information content (AvgIpc) is 2.84. The van der Waals surface area contributed by atoms with Crippen molar-refractivity contribution in [2.75, 3.05) is 33.4 Å². The highest BCUT2D eigenvalue weighted by molar-refractivity contribution is 5.55. The van der Waals surface area contributed by atoms with Crippen LogP contribution in [0.15, 0.2) is 24.3 Å². The highest BCUT2D eigenvalue weighted by Crippen LogP contribution is 2.28. The van der Waals surface area contributed by atoms with Crippen LogP contribution in [-0.2, 0) is 0 Å². The predicted molar refractivity (Wildman–Crippen MR) is 96.5 cm³/mol. The van der Waals surface area contributed by atoms with Crippen molar-refractivity contribution in [1.82, 2.24) is 0 Å². The minimum absolute atomic E-state index is 0.770. The SMILES string of the molecule is C/C=C/c1ccc(OCCCC[NH+]2CCCCCC2)c(OC)c1. The molecule has 0 aliphatic carbocycles. The molecule has 23 heavy (non-hydrogen) atoms. The van der Waals surface area contributed by atoms with Crippen LogP contribution in [0, 0.1) is 0 Å². The molecule has 1 heterocycles. The quantitative estimate of drug-likeness (QED) is 0.743. The first-order valence-corrected chi connectivity index (χ1v) is 9.10. The summed E-state index contributed by atoms with van der Waals surface area (Å²) in [5.74, 6) is 1.67. The summed E-state index contributed by atoms with van der Waals surface area (Å²) < 4.78 is 11.4. The number of ether oxygens (including phenoxy) is 2. The number of unbranched alkanes of at least 4 members (excludes halogenated alkanes) is 1. The van der Waals surface area contributed by atoms with Gasteiger partial charge in [0.15, 0.2) is 11.5 Å². The Hall–Kier alpha value is -1.48. The van der Waals surface area contributed by atoms with Crippen LogP contribution >= 0.6 is 0 Å². The molecule has 1 N–H and O–H groups in total. The zero-order valence-corrected chi connectivity index (χ0v) is 14.8. The third-order valence-corrected chi connectivity index (χ3v) is 4.54. The Balaban J connectivity index is 1.71. The first-order chi connectivity index (χ1) is 11.3. The standard InChI is InChI=1S/C20H31NO2/c1-3-10-18-11-12-19(20(17-18)22-2)23-16-9-8-15-21-13-6-4-5-7-14-21/h3,10-12,17H,4-9,13-16H2,1-2H3/p+1/b10-3+. The van der Waals surface area contributed by atoms with Gasteiger partial charge in [-0.3, -0.25) is 0 Å². The third kappa shape index (κ3) is 6.26. The van der Waals surface area contributed by atoms with Gasteiger partial charge in [0.05, 0.1) is 33.4 Å². The van der Waals surface area contributed by atoms with Gasteiger partial charge in [-0.25, -0.2) is 0 Å². The summed E-state index contributed by atoms with van der Waals surface area (Å²) in [7, 11) is 1.70. The molecule has 1 aliphatic rings. The number of allylic oxidation sites excluding steroid dienone is 1. The van der Waals surface area contributed by atoms with E-state index in [2.05, 4.69) is 12.1 Å². The molecule has 1 saturated heterocycles. The minimum Gasteiger partial charge on any atom is -0.493 e. The Morgan fingerprint density at radius 1 is 1.04 bits per heavy atom. The van der Waals surface area contributed by atoms with Crippen molar-refractivity contribution >= 4 is 6.08 Å². The summed E-state index contributed by atoms with van der Waals surface area (Å²) in [4.78, 5) is 1.79. The molecular weight excluding hydrogens is 286 g/mol. The molecule has 1 aromatic carbocycles. The van der Waals surface area contributed by atoms with Crippen molar-refractivity contribution < 1.29 is 14.4 Å². The number of likely N-dealkylation sites (tertiary alicyclic amines) is 1. The number of hydrogen-bond acceptors (Lipinski definition) is 2. The summed E-state index contributed by atoms with van der Waals surface area (Å²) >= 11 is 0. The molecule has 2 rings (SSSR count). The first kappa shape index (κ1) is 17.9. The summed E-state index contributed by atoms with van der Waals surface area (Å²) in [5, 5.41) is 0. The van der Waals surface area contributed by atoms with Crippen LogP contribution in [0.2, 0.25) is 0 Å². The predicted octanol–water partition coefficient (Wildman–Crippen LogP) is 3.35. The van der Waals surface area contributed by atoms with Crippen molar-refractivity contribution in [3.8, 4) is 11.5 Å². The highest BCUT2D eigenvalue weighted by atomic mass is 16.5. The van der Waals surface area contributed by atoms with Crippen molar-refractivity contribution in [1.29, 1.82) is 0 Å². The molecule has 0 amide bonds. The number of hydrogen-bond donors (Lipinski definition) is 1. The maximum atomic E-state index is 5.92. The van der Waals surface area contributed by atoms with Gasteiger partial charge in [0.2, 0.25) is 0 Å². The van der Waals surface area contributed by atoms with Crippen molar-refractivity contribution in [2.24, 2.45) is 0 Å². The van der Waals surface area contributed by atoms with E-state index in [-0.39, 0.29) is 0 Å². The molecular formula is C20H32NO2+. The van der Waals surface area contributed by atoms with Crippen LogP contribution in [0.4, 0.5) is 0 Å². The second-order valence-electron chi connectivity index (χ2n) is 6.38. The number of benzene rings is 1. The van der Waals surface area contributed by atoms with Crippen molar-refractivity contribution in [3.63, 3.8) is 0 Å². The zero-order valence-electron chi connectivity index (χ0n) is 14.8. The van der Waals surface area contributed by atoms with Gasteiger partial charge in [-0.15, -0.1) is 0 Å². The van der Waals surface area contributed by atoms with Crippen LogP contribution in [-0.4, -0.2) is 33.4 Å². The van der Waals surface area contributed by atoms with E-state index in [1.807, 2.05) is 25.1 Å². The molecule has 3 nitrogen and oxygen atoms in total. The fourth-order valence-electron chi connectivity index (χ4n) is 3.24. The van der Waals surface area contributed by atoms with E-state index < -0.39 is 0 Å². The third-order valence-electron chi connectivity index (χ3n) is 4.54. The van der Waals surface area contributed by atoms with Crippen LogP contribution in [0.25, 0.3) is 6.08 Å². The topological polar surface area (TPSA) is 22.9 Å². The van der Waals surface area contributed by atoms with Crippen molar-refractivity contribution in [3.05, 3.63) is 29.8 Å². The van der Waals surface area contributed by atoms with Gasteiger partial charge in [0.25, 0.3) is 0 Å². The van der Waals surface area contributed by atoms with E-state index in [0.717, 1.165) is 30.1 Å². The van der Waals surface area contributed by atoms with Crippen molar-refractivity contribution in [2.45, 2.75) is 45.4 Å². The van der Waals surface area contributed by atoms with E-state index in [0.29, 0.717) is 0 Å². The molecule has 0 unspecified atom stereocenters. The van der Waals surface area contributed by atoms with Gasteiger partial charge < -0.3 is 14.4 Å². The van der Waals surface area contributed by atoms with Crippen LogP contribution in [0.5, 0.6) is 11.5 Å². The van der Waals surface area contributed by atoms with E-state index in [1.165, 1.54) is 51.7 Å². The van der Waals surface area contributed by atoms with Crippen LogP contribution in [0.3, 0.4) is 0 Å². The van der Waals surface area contributed by atoms with Gasteiger partial charge in [-0.1, -0.05) is 18.2 Å². The summed E-state index contributed by atoms with van der Waals surface area (Å²) in [6.07, 6.45) is 12.1. The van der Waals surface area contributed by atoms with E-state index in [4.69, 9.17) is 9.47 Å². The fourth-order valence-corrected chi connectivity index (χ4v) is 3.24. The van der Waals surface area contributed by atoms with Crippen LogP contribution < -0.4 is 14.4 Å². The maximum absolute atomic E-state index is 5.92. The molecule has 0 aromatic heterocycles. The lowest BCUT2D eigenvalue weighted by Gasteiger charge is -2.17. The Bertz CT molecular complexity index is 477. The second-order valence-corrected chi connectivity index (χ2v) is 6.38. The Kier molecular flexibility index (Phi) is 8.02. The Morgan fingerprint density at radius 2 is 1.83 bits per heavy atom. The molecule has 0 radical (unpaired) electrons. The fraction of sp³-hybridized carbons (Fsp3) is 0.600. The molecule has 1 fully saturated rings. The van der Waals surface area contributed by atoms with Gasteiger partial charge in [0, 0.05) is 0 Å². The number of quaternary nitrogens is 1. The number of nitrogens with one attached hydrogen (secondary N) is 1. The minimum atomic E-state index is 0.770. The summed E-state index contributed by atoms with van der Waals surface area (Å²) in [5.41, 5.74) is 1.14. The number of rotatable bonds is 8. The molecule has 0 atom stereocenters. The zero-order chi connectivity index (χ0) is 16.3. The maximum Gasteiger partial charge on any atom is 0.161 e. The molecule has 0 saturated carbocycles. The van der Waals surface area contributed by atoms with Gasteiger partial charge in [-0.05, 0) is 63.1 Å². The van der Waals surface area contributed by atoms with Gasteiger partial charge >= 0.3 is 0 Å². The summed E-state index contributed by atoms with van der Waals surface area (Å²) in [6.45, 7) is 6.80. The monoisotopic (exact) mass is 318 g/mol. The largest absolute Gasteiger partial charge is 0.493 e. The summed E-state index contributed by atoms with van der Waals surface area (Å²) in [6, 6.07) is 6.10. The average molecular weight is 318 g/mol. The molecule has 1 aromatic rings. The number of methoxy groups -OCH3 is 1. The first-order valence-electron chi connectivity index (χ1n) is 9.10. The lowest BCUT2D eigenvalue weighted by Crippen LogP contribution is -3.11. The smallest absolute Gasteiger partial charge is 0.161 e. The lowest BCUT2D eigenvalue weighted by molar-refractivity contribution is -0.899. The molecule has 128 valence electrons. The van der Waals surface area contributed by atoms with Gasteiger partial charge in [-0.2, -0.15) is 0 Å². The molecule has 3 heteroatoms. The second kappa shape index (κ2) is 10.3. The van der Waals surface area contributed by atoms with E-state index in [9.17, 15) is 0 Å². The lowest BCUT2D eigenvalue weighted by atomic mass is 10.2. The molecule has 0 bridgehead atoms. The Morgan fingerprint density at radius 3 is 2.52 bits per heavy atom. The van der Waals surface area contributed by atoms with E-state index >= 15 is 0 Å². The molecule has 1 aliphatic heterocycles.